The fourth-order valence-corrected chi connectivity index (χ4v) is 1.93. The summed E-state index contributed by atoms with van der Waals surface area (Å²) in [7, 11) is 3.07. The van der Waals surface area contributed by atoms with Crippen LogP contribution in [0.2, 0.25) is 0 Å². The average molecular weight is 262 g/mol. The summed E-state index contributed by atoms with van der Waals surface area (Å²) in [5.74, 6) is 0. The van der Waals surface area contributed by atoms with Crippen LogP contribution in [0.15, 0.2) is 0 Å². The number of aliphatic hydroxyl groups excluding tert-OH is 2. The van der Waals surface area contributed by atoms with Crippen LogP contribution in [0.5, 0.6) is 0 Å². The Labute approximate surface area is 111 Å². The van der Waals surface area contributed by atoms with Crippen molar-refractivity contribution in [3.05, 3.63) is 0 Å². The zero-order valence-corrected chi connectivity index (χ0v) is 11.9. The third-order valence-corrected chi connectivity index (χ3v) is 3.20. The quantitative estimate of drug-likeness (QED) is 0.396. The highest BCUT2D eigenvalue weighted by atomic mass is 16.6. The highest BCUT2D eigenvalue weighted by Crippen LogP contribution is 2.12. The molecule has 0 aliphatic rings. The highest BCUT2D eigenvalue weighted by Gasteiger charge is 2.01. The Morgan fingerprint density at radius 3 is 1.17 bits per heavy atom. The van der Waals surface area contributed by atoms with Crippen molar-refractivity contribution in [2.75, 3.05) is 14.2 Å². The van der Waals surface area contributed by atoms with Crippen LogP contribution in [0.3, 0.4) is 0 Å². The molecule has 0 saturated heterocycles. The molecule has 2 N–H and O–H groups in total. The van der Waals surface area contributed by atoms with Gasteiger partial charge in [0.2, 0.25) is 0 Å². The summed E-state index contributed by atoms with van der Waals surface area (Å²) < 4.78 is 9.55. The second kappa shape index (κ2) is 13.3. The van der Waals surface area contributed by atoms with Gasteiger partial charge in [-0.15, -0.1) is 0 Å². The molecule has 0 aromatic carbocycles. The molecule has 0 aromatic rings. The van der Waals surface area contributed by atoms with Crippen LogP contribution in [0, 0.1) is 0 Å². The Morgan fingerprint density at radius 1 is 0.611 bits per heavy atom. The maximum absolute atomic E-state index is 9.17. The average Bonchev–Trinajstić information content (AvgIpc) is 2.40. The zero-order chi connectivity index (χ0) is 13.6. The molecular weight excluding hydrogens is 232 g/mol. The molecule has 0 rings (SSSR count). The van der Waals surface area contributed by atoms with Gasteiger partial charge in [-0.1, -0.05) is 38.5 Å². The van der Waals surface area contributed by atoms with Gasteiger partial charge in [0.05, 0.1) is 0 Å². The van der Waals surface area contributed by atoms with E-state index in [1.807, 2.05) is 0 Å². The number of hydrogen-bond donors (Lipinski definition) is 2. The minimum Gasteiger partial charge on any atom is -0.368 e. The standard InChI is InChI=1S/C14H30O4/c1-17-13(15)11-9-7-5-3-4-6-8-10-12-14(16)18-2/h13-16H,3-12H2,1-2H3. The number of methoxy groups -OCH3 is 2. The van der Waals surface area contributed by atoms with Crippen molar-refractivity contribution in [3.63, 3.8) is 0 Å². The molecule has 2 unspecified atom stereocenters. The predicted molar refractivity (Wildman–Crippen MR) is 72.2 cm³/mol. The van der Waals surface area contributed by atoms with E-state index >= 15 is 0 Å². The molecule has 0 saturated carbocycles. The molecule has 110 valence electrons. The summed E-state index contributed by atoms with van der Waals surface area (Å²) in [6, 6.07) is 0. The topological polar surface area (TPSA) is 58.9 Å². The number of unbranched alkanes of at least 4 members (excludes halogenated alkanes) is 7. The Morgan fingerprint density at radius 2 is 0.889 bits per heavy atom. The van der Waals surface area contributed by atoms with E-state index in [2.05, 4.69) is 0 Å². The van der Waals surface area contributed by atoms with Gasteiger partial charge < -0.3 is 19.7 Å². The number of aliphatic hydroxyl groups is 2. The normalized spacial score (nSPS) is 14.7. The van der Waals surface area contributed by atoms with E-state index in [1.54, 1.807) is 0 Å². The number of ether oxygens (including phenoxy) is 2. The molecule has 18 heavy (non-hydrogen) atoms. The van der Waals surface area contributed by atoms with Crippen molar-refractivity contribution >= 4 is 0 Å². The fourth-order valence-electron chi connectivity index (χ4n) is 1.93. The lowest BCUT2D eigenvalue weighted by molar-refractivity contribution is -0.0797. The van der Waals surface area contributed by atoms with Gasteiger partial charge in [0.15, 0.2) is 12.6 Å². The lowest BCUT2D eigenvalue weighted by atomic mass is 10.1. The molecule has 0 aromatic heterocycles. The lowest BCUT2D eigenvalue weighted by Crippen LogP contribution is -2.08. The fraction of sp³-hybridized carbons (Fsp3) is 1.00. The van der Waals surface area contributed by atoms with Crippen LogP contribution in [0.4, 0.5) is 0 Å². The number of hydrogen-bond acceptors (Lipinski definition) is 4. The van der Waals surface area contributed by atoms with Crippen LogP contribution in [-0.2, 0) is 9.47 Å². The Bertz CT molecular complexity index is 146. The molecule has 0 bridgehead atoms. The number of rotatable bonds is 13. The van der Waals surface area contributed by atoms with Crippen molar-refractivity contribution in [2.45, 2.75) is 76.8 Å². The van der Waals surface area contributed by atoms with Crippen LogP contribution in [0.25, 0.3) is 0 Å². The van der Waals surface area contributed by atoms with E-state index in [1.165, 1.54) is 52.7 Å². The van der Waals surface area contributed by atoms with Gasteiger partial charge >= 0.3 is 0 Å². The molecule has 0 fully saturated rings. The van der Waals surface area contributed by atoms with Gasteiger partial charge in [-0.05, 0) is 25.7 Å². The van der Waals surface area contributed by atoms with E-state index < -0.39 is 12.6 Å². The third kappa shape index (κ3) is 12.3. The monoisotopic (exact) mass is 262 g/mol. The van der Waals surface area contributed by atoms with Gasteiger partial charge in [-0.25, -0.2) is 0 Å². The molecule has 0 amide bonds. The first-order valence-corrected chi connectivity index (χ1v) is 7.12. The molecule has 4 heteroatoms. The van der Waals surface area contributed by atoms with Gasteiger partial charge in [-0.3, -0.25) is 0 Å². The second-order valence-corrected chi connectivity index (χ2v) is 4.79. The second-order valence-electron chi connectivity index (χ2n) is 4.79. The third-order valence-electron chi connectivity index (χ3n) is 3.20. The molecule has 4 nitrogen and oxygen atoms in total. The molecular formula is C14H30O4. The molecule has 0 radical (unpaired) electrons. The smallest absolute Gasteiger partial charge is 0.154 e. The van der Waals surface area contributed by atoms with Crippen LogP contribution in [0.1, 0.15) is 64.2 Å². The largest absolute Gasteiger partial charge is 0.368 e. The minimum atomic E-state index is -0.586. The summed E-state index contributed by atoms with van der Waals surface area (Å²) in [6.45, 7) is 0. The van der Waals surface area contributed by atoms with Crippen LogP contribution >= 0.6 is 0 Å². The first-order valence-electron chi connectivity index (χ1n) is 7.12. The van der Waals surface area contributed by atoms with E-state index in [0.717, 1.165) is 25.7 Å². The molecule has 0 aliphatic carbocycles. The molecule has 0 heterocycles. The van der Waals surface area contributed by atoms with Crippen molar-refractivity contribution in [2.24, 2.45) is 0 Å². The van der Waals surface area contributed by atoms with Crippen molar-refractivity contribution in [1.29, 1.82) is 0 Å². The van der Waals surface area contributed by atoms with E-state index in [-0.39, 0.29) is 0 Å². The zero-order valence-electron chi connectivity index (χ0n) is 11.9. The van der Waals surface area contributed by atoms with Crippen molar-refractivity contribution < 1.29 is 19.7 Å². The van der Waals surface area contributed by atoms with Crippen LogP contribution < -0.4 is 0 Å². The van der Waals surface area contributed by atoms with Gasteiger partial charge in [0, 0.05) is 14.2 Å². The van der Waals surface area contributed by atoms with Crippen molar-refractivity contribution in [3.8, 4) is 0 Å². The van der Waals surface area contributed by atoms with E-state index in [4.69, 9.17) is 19.7 Å². The Balaban J connectivity index is 3.03. The molecule has 2 atom stereocenters. The Hall–Kier alpha value is -0.160. The maximum Gasteiger partial charge on any atom is 0.154 e. The Kier molecular flexibility index (Phi) is 13.2. The first kappa shape index (κ1) is 17.8. The molecule has 0 spiro atoms. The minimum absolute atomic E-state index is 0.586. The SMILES string of the molecule is COC(O)CCCCCCCCCCC(O)OC. The highest BCUT2D eigenvalue weighted by molar-refractivity contribution is 4.49. The van der Waals surface area contributed by atoms with E-state index in [9.17, 15) is 0 Å². The van der Waals surface area contributed by atoms with Gasteiger partial charge in [0.25, 0.3) is 0 Å². The summed E-state index contributed by atoms with van der Waals surface area (Å²) in [6.07, 6.45) is 9.71. The van der Waals surface area contributed by atoms with Crippen molar-refractivity contribution in [1.82, 2.24) is 0 Å². The summed E-state index contributed by atoms with van der Waals surface area (Å²) in [4.78, 5) is 0. The first-order chi connectivity index (χ1) is 8.70. The summed E-state index contributed by atoms with van der Waals surface area (Å²) in [5, 5.41) is 18.3. The molecule has 0 aliphatic heterocycles. The van der Waals surface area contributed by atoms with Crippen LogP contribution in [-0.4, -0.2) is 37.0 Å². The van der Waals surface area contributed by atoms with Gasteiger partial charge in [0.1, 0.15) is 0 Å². The predicted octanol–water partition coefficient (Wildman–Crippen LogP) is 2.82. The summed E-state index contributed by atoms with van der Waals surface area (Å²) in [5.41, 5.74) is 0. The summed E-state index contributed by atoms with van der Waals surface area (Å²) >= 11 is 0. The lowest BCUT2D eigenvalue weighted by Gasteiger charge is -2.08. The maximum atomic E-state index is 9.17. The van der Waals surface area contributed by atoms with E-state index in [0.29, 0.717) is 0 Å². The van der Waals surface area contributed by atoms with Gasteiger partial charge in [-0.2, -0.15) is 0 Å².